The molecule has 0 saturated heterocycles. The standard InChI is InChI=1S/C34H33N3O5/c1-34(2,3)42-33(39)36-29(32(38)40-4)22-23-15-20-30-28(21-23)35-31(41-30)24-16-18-27(19-17-24)37(25-11-7-5-8-12-25)26-13-9-6-10-14-26/h5-21,29H,22H2,1-4H3,(H,36,39)/t29-/m0/s1. The molecule has 1 amide bonds. The van der Waals surface area contributed by atoms with Gasteiger partial charge >= 0.3 is 12.1 Å². The van der Waals surface area contributed by atoms with Gasteiger partial charge in [-0.05, 0) is 87.0 Å². The van der Waals surface area contributed by atoms with Crippen LogP contribution < -0.4 is 10.2 Å². The summed E-state index contributed by atoms with van der Waals surface area (Å²) >= 11 is 0. The monoisotopic (exact) mass is 563 g/mol. The van der Waals surface area contributed by atoms with Crippen molar-refractivity contribution in [3.05, 3.63) is 109 Å². The van der Waals surface area contributed by atoms with Crippen LogP contribution in [0.1, 0.15) is 26.3 Å². The number of nitrogens with one attached hydrogen (secondary N) is 1. The van der Waals surface area contributed by atoms with Gasteiger partial charge in [-0.15, -0.1) is 0 Å². The summed E-state index contributed by atoms with van der Waals surface area (Å²) in [6.07, 6.45) is -0.489. The number of hydrogen-bond donors (Lipinski definition) is 1. The van der Waals surface area contributed by atoms with Crippen molar-refractivity contribution in [1.29, 1.82) is 0 Å². The van der Waals surface area contributed by atoms with E-state index in [2.05, 4.69) is 34.5 Å². The second kappa shape index (κ2) is 12.2. The Balaban J connectivity index is 1.37. The lowest BCUT2D eigenvalue weighted by Gasteiger charge is -2.25. The van der Waals surface area contributed by atoms with Crippen molar-refractivity contribution in [2.45, 2.75) is 38.8 Å². The number of nitrogens with zero attached hydrogens (tertiary/aromatic N) is 2. The molecule has 42 heavy (non-hydrogen) atoms. The quantitative estimate of drug-likeness (QED) is 0.195. The Morgan fingerprint density at radius 1 is 0.857 bits per heavy atom. The van der Waals surface area contributed by atoms with Gasteiger partial charge in [-0.2, -0.15) is 0 Å². The molecular weight excluding hydrogens is 530 g/mol. The van der Waals surface area contributed by atoms with Gasteiger partial charge in [-0.25, -0.2) is 14.6 Å². The third kappa shape index (κ3) is 6.78. The van der Waals surface area contributed by atoms with Crippen LogP contribution in [0, 0.1) is 0 Å². The Morgan fingerprint density at radius 2 is 1.45 bits per heavy atom. The van der Waals surface area contributed by atoms with Crippen LogP contribution in [0.2, 0.25) is 0 Å². The lowest BCUT2D eigenvalue weighted by atomic mass is 10.1. The van der Waals surface area contributed by atoms with Crippen LogP contribution in [-0.4, -0.2) is 35.8 Å². The van der Waals surface area contributed by atoms with Gasteiger partial charge in [0.15, 0.2) is 5.58 Å². The SMILES string of the molecule is COC(=O)[C@H](Cc1ccc2oc(-c3ccc(N(c4ccccc4)c4ccccc4)cc3)nc2c1)NC(=O)OC(C)(C)C. The van der Waals surface area contributed by atoms with E-state index in [4.69, 9.17) is 18.9 Å². The summed E-state index contributed by atoms with van der Waals surface area (Å²) in [5.41, 5.74) is 5.28. The molecule has 0 saturated carbocycles. The molecule has 0 unspecified atom stereocenters. The van der Waals surface area contributed by atoms with Crippen molar-refractivity contribution in [2.24, 2.45) is 0 Å². The highest BCUT2D eigenvalue weighted by Crippen LogP contribution is 2.35. The first-order valence-corrected chi connectivity index (χ1v) is 13.7. The number of esters is 1. The number of alkyl carbamates (subject to hydrolysis) is 1. The highest BCUT2D eigenvalue weighted by Gasteiger charge is 2.25. The minimum Gasteiger partial charge on any atom is -0.467 e. The number of carbonyl (C=O) groups is 2. The molecule has 0 aliphatic carbocycles. The van der Waals surface area contributed by atoms with Gasteiger partial charge < -0.3 is 24.1 Å². The molecule has 1 aromatic heterocycles. The molecule has 0 radical (unpaired) electrons. The van der Waals surface area contributed by atoms with Gasteiger partial charge in [0, 0.05) is 29.0 Å². The molecule has 5 rings (SSSR count). The molecule has 1 heterocycles. The number of carbonyl (C=O) groups excluding carboxylic acids is 2. The number of aromatic nitrogens is 1. The molecule has 8 heteroatoms. The third-order valence-corrected chi connectivity index (χ3v) is 6.47. The first-order chi connectivity index (χ1) is 20.2. The second-order valence-electron chi connectivity index (χ2n) is 10.8. The van der Waals surface area contributed by atoms with Crippen LogP contribution >= 0.6 is 0 Å². The summed E-state index contributed by atoms with van der Waals surface area (Å²) in [6.45, 7) is 5.27. The Kier molecular flexibility index (Phi) is 8.24. The van der Waals surface area contributed by atoms with E-state index in [1.807, 2.05) is 78.9 Å². The fraction of sp³-hybridized carbons (Fsp3) is 0.206. The molecule has 0 bridgehead atoms. The number of fused-ring (bicyclic) bond motifs is 1. The van der Waals surface area contributed by atoms with Crippen molar-refractivity contribution in [3.8, 4) is 11.5 Å². The Hall–Kier alpha value is -5.11. The van der Waals surface area contributed by atoms with Gasteiger partial charge in [0.05, 0.1) is 7.11 Å². The number of benzene rings is 4. The first-order valence-electron chi connectivity index (χ1n) is 13.7. The van der Waals surface area contributed by atoms with Crippen molar-refractivity contribution in [1.82, 2.24) is 10.3 Å². The van der Waals surface area contributed by atoms with Crippen LogP contribution in [0.5, 0.6) is 0 Å². The maximum atomic E-state index is 12.4. The summed E-state index contributed by atoms with van der Waals surface area (Å²) < 4.78 is 16.3. The number of amides is 1. The number of oxazole rings is 1. The predicted octanol–water partition coefficient (Wildman–Crippen LogP) is 7.57. The smallest absolute Gasteiger partial charge is 0.408 e. The normalized spacial score (nSPS) is 12.0. The van der Waals surface area contributed by atoms with E-state index in [1.54, 1.807) is 20.8 Å². The van der Waals surface area contributed by atoms with Crippen molar-refractivity contribution < 1.29 is 23.5 Å². The van der Waals surface area contributed by atoms with E-state index in [1.165, 1.54) is 7.11 Å². The molecule has 4 aromatic carbocycles. The minimum atomic E-state index is -0.918. The zero-order chi connectivity index (χ0) is 29.7. The number of ether oxygens (including phenoxy) is 2. The van der Waals surface area contributed by atoms with Gasteiger partial charge in [-0.1, -0.05) is 42.5 Å². The molecule has 0 spiro atoms. The number of hydrogen-bond acceptors (Lipinski definition) is 7. The largest absolute Gasteiger partial charge is 0.467 e. The summed E-state index contributed by atoms with van der Waals surface area (Å²) in [5, 5.41) is 2.61. The average molecular weight is 564 g/mol. The molecule has 0 aliphatic heterocycles. The topological polar surface area (TPSA) is 93.9 Å². The first kappa shape index (κ1) is 28.4. The maximum Gasteiger partial charge on any atom is 0.408 e. The van der Waals surface area contributed by atoms with E-state index in [0.717, 1.165) is 28.2 Å². The van der Waals surface area contributed by atoms with Gasteiger partial charge in [-0.3, -0.25) is 0 Å². The Labute approximate surface area is 244 Å². The van der Waals surface area contributed by atoms with E-state index in [9.17, 15) is 9.59 Å². The number of rotatable bonds is 8. The van der Waals surface area contributed by atoms with Crippen molar-refractivity contribution >= 4 is 40.2 Å². The molecule has 5 aromatic rings. The Morgan fingerprint density at radius 3 is 2.02 bits per heavy atom. The van der Waals surface area contributed by atoms with Crippen LogP contribution in [0.4, 0.5) is 21.9 Å². The van der Waals surface area contributed by atoms with E-state index < -0.39 is 23.7 Å². The highest BCUT2D eigenvalue weighted by atomic mass is 16.6. The van der Waals surface area contributed by atoms with Crippen LogP contribution in [-0.2, 0) is 20.7 Å². The van der Waals surface area contributed by atoms with E-state index in [0.29, 0.717) is 17.0 Å². The summed E-state index contributed by atoms with van der Waals surface area (Å²) in [4.78, 5) is 31.6. The average Bonchev–Trinajstić information content (AvgIpc) is 3.41. The van der Waals surface area contributed by atoms with Crippen LogP contribution in [0.25, 0.3) is 22.6 Å². The molecule has 0 fully saturated rings. The zero-order valence-electron chi connectivity index (χ0n) is 24.0. The van der Waals surface area contributed by atoms with E-state index in [-0.39, 0.29) is 6.42 Å². The van der Waals surface area contributed by atoms with Crippen molar-refractivity contribution in [3.63, 3.8) is 0 Å². The fourth-order valence-electron chi connectivity index (χ4n) is 4.60. The van der Waals surface area contributed by atoms with Crippen LogP contribution in [0.15, 0.2) is 108 Å². The molecule has 0 aliphatic rings. The zero-order valence-corrected chi connectivity index (χ0v) is 24.0. The number of methoxy groups -OCH3 is 1. The van der Waals surface area contributed by atoms with Gasteiger partial charge in [0.2, 0.25) is 5.89 Å². The van der Waals surface area contributed by atoms with E-state index >= 15 is 0 Å². The van der Waals surface area contributed by atoms with Crippen molar-refractivity contribution in [2.75, 3.05) is 12.0 Å². The lowest BCUT2D eigenvalue weighted by molar-refractivity contribution is -0.143. The molecular formula is C34H33N3O5. The number of anilines is 3. The molecule has 8 nitrogen and oxygen atoms in total. The van der Waals surface area contributed by atoms with Crippen LogP contribution in [0.3, 0.4) is 0 Å². The summed E-state index contributed by atoms with van der Waals surface area (Å²) in [6, 6.07) is 33.0. The molecule has 214 valence electrons. The molecule has 1 atom stereocenters. The third-order valence-electron chi connectivity index (χ3n) is 6.47. The fourth-order valence-corrected chi connectivity index (χ4v) is 4.60. The Bertz CT molecular complexity index is 1620. The van der Waals surface area contributed by atoms with Gasteiger partial charge in [0.25, 0.3) is 0 Å². The molecule has 1 N–H and O–H groups in total. The second-order valence-corrected chi connectivity index (χ2v) is 10.8. The number of para-hydroxylation sites is 2. The highest BCUT2D eigenvalue weighted by molar-refractivity contribution is 5.83. The maximum absolute atomic E-state index is 12.4. The summed E-state index contributed by atoms with van der Waals surface area (Å²) in [5.74, 6) is -0.0852. The summed E-state index contributed by atoms with van der Waals surface area (Å²) in [7, 11) is 1.28. The minimum absolute atomic E-state index is 0.202. The predicted molar refractivity (Wildman–Crippen MR) is 163 cm³/mol. The lowest BCUT2D eigenvalue weighted by Crippen LogP contribution is -2.45. The van der Waals surface area contributed by atoms with Gasteiger partial charge in [0.1, 0.15) is 17.2 Å².